The van der Waals surface area contributed by atoms with E-state index in [9.17, 15) is 4.79 Å². The van der Waals surface area contributed by atoms with Crippen LogP contribution in [-0.4, -0.2) is 19.6 Å². The number of fused-ring (bicyclic) bond motifs is 1. The summed E-state index contributed by atoms with van der Waals surface area (Å²) in [7, 11) is 1.64. The van der Waals surface area contributed by atoms with Crippen molar-refractivity contribution >= 4 is 28.1 Å². The number of hydrogen-bond donors (Lipinski definition) is 1. The predicted molar refractivity (Wildman–Crippen MR) is 142 cm³/mol. The maximum absolute atomic E-state index is 12.8. The van der Waals surface area contributed by atoms with Crippen LogP contribution >= 0.6 is 0 Å². The minimum Gasteiger partial charge on any atom is -0.496 e. The third-order valence-corrected chi connectivity index (χ3v) is 6.14. The number of hydrogen-bond acceptors (Lipinski definition) is 4. The van der Waals surface area contributed by atoms with Gasteiger partial charge in [-0.05, 0) is 75.6 Å². The van der Waals surface area contributed by atoms with Gasteiger partial charge in [0.15, 0.2) is 0 Å². The van der Waals surface area contributed by atoms with Crippen LogP contribution in [0.25, 0.3) is 27.7 Å². The highest BCUT2D eigenvalue weighted by Gasteiger charge is 2.19. The molecule has 1 N–H and O–H groups in total. The van der Waals surface area contributed by atoms with Crippen molar-refractivity contribution in [2.24, 2.45) is 0 Å². The normalized spacial score (nSPS) is 11.5. The Bertz CT molecular complexity index is 1410. The van der Waals surface area contributed by atoms with E-state index < -0.39 is 0 Å². The second-order valence-electron chi connectivity index (χ2n) is 8.70. The first-order chi connectivity index (χ1) is 16.8. The Labute approximate surface area is 206 Å². The van der Waals surface area contributed by atoms with Gasteiger partial charge < -0.3 is 19.2 Å². The molecule has 5 heteroatoms. The molecule has 1 aromatic heterocycles. The lowest BCUT2D eigenvalue weighted by molar-refractivity contribution is -0.111. The molecule has 0 atom stereocenters. The number of anilines is 1. The van der Waals surface area contributed by atoms with Crippen LogP contribution in [0.4, 0.5) is 5.69 Å². The molecule has 5 nitrogen and oxygen atoms in total. The summed E-state index contributed by atoms with van der Waals surface area (Å²) in [6.07, 6.45) is 3.38. The largest absolute Gasteiger partial charge is 0.496 e. The van der Waals surface area contributed by atoms with Crippen LogP contribution in [0.1, 0.15) is 36.1 Å². The van der Waals surface area contributed by atoms with E-state index in [-0.39, 0.29) is 5.91 Å². The van der Waals surface area contributed by atoms with Gasteiger partial charge in [-0.2, -0.15) is 0 Å². The Kier molecular flexibility index (Phi) is 6.97. The van der Waals surface area contributed by atoms with E-state index in [0.29, 0.717) is 12.4 Å². The van der Waals surface area contributed by atoms with E-state index >= 15 is 0 Å². The molecule has 0 saturated carbocycles. The van der Waals surface area contributed by atoms with E-state index in [0.717, 1.165) is 61.4 Å². The Hall–Kier alpha value is -3.99. The first-order valence-electron chi connectivity index (χ1n) is 11.7. The van der Waals surface area contributed by atoms with Crippen LogP contribution < -0.4 is 14.8 Å². The first kappa shape index (κ1) is 24.1. The molecule has 0 bridgehead atoms. The molecule has 0 fully saturated rings. The van der Waals surface area contributed by atoms with Gasteiger partial charge in [-0.1, -0.05) is 29.8 Å². The fraction of sp³-hybridized carbons (Fsp3) is 0.233. The lowest BCUT2D eigenvalue weighted by Crippen LogP contribution is -2.10. The van der Waals surface area contributed by atoms with E-state index in [4.69, 9.17) is 13.9 Å². The van der Waals surface area contributed by atoms with Gasteiger partial charge in [0.25, 0.3) is 0 Å². The zero-order valence-electron chi connectivity index (χ0n) is 21.1. The molecule has 0 saturated heterocycles. The molecule has 0 unspecified atom stereocenters. The quantitative estimate of drug-likeness (QED) is 0.285. The molecule has 1 heterocycles. The van der Waals surface area contributed by atoms with Crippen LogP contribution in [0.3, 0.4) is 0 Å². The molecule has 3 aromatic carbocycles. The van der Waals surface area contributed by atoms with Crippen molar-refractivity contribution in [2.45, 2.75) is 34.6 Å². The second kappa shape index (κ2) is 10.1. The highest BCUT2D eigenvalue weighted by atomic mass is 16.5. The molecule has 4 rings (SSSR count). The van der Waals surface area contributed by atoms with Crippen molar-refractivity contribution in [3.63, 3.8) is 0 Å². The Morgan fingerprint density at radius 2 is 1.80 bits per heavy atom. The molecule has 0 aliphatic heterocycles. The van der Waals surface area contributed by atoms with Crippen LogP contribution in [0.5, 0.6) is 11.5 Å². The first-order valence-corrected chi connectivity index (χ1v) is 11.7. The Morgan fingerprint density at radius 1 is 1.06 bits per heavy atom. The fourth-order valence-electron chi connectivity index (χ4n) is 4.39. The van der Waals surface area contributed by atoms with Gasteiger partial charge in [0.05, 0.1) is 20.0 Å². The number of carbonyl (C=O) groups is 1. The van der Waals surface area contributed by atoms with Crippen LogP contribution in [0.2, 0.25) is 0 Å². The number of benzene rings is 3. The van der Waals surface area contributed by atoms with Crippen molar-refractivity contribution in [2.75, 3.05) is 19.0 Å². The average Bonchev–Trinajstić information content (AvgIpc) is 3.26. The molecule has 0 aliphatic carbocycles. The van der Waals surface area contributed by atoms with E-state index in [1.165, 1.54) is 0 Å². The molecule has 35 heavy (non-hydrogen) atoms. The maximum atomic E-state index is 12.8. The summed E-state index contributed by atoms with van der Waals surface area (Å²) in [5.41, 5.74) is 8.29. The van der Waals surface area contributed by atoms with Crippen molar-refractivity contribution < 1.29 is 18.7 Å². The highest BCUT2D eigenvalue weighted by Crippen LogP contribution is 2.40. The average molecular weight is 470 g/mol. The van der Waals surface area contributed by atoms with Gasteiger partial charge in [0, 0.05) is 33.8 Å². The Morgan fingerprint density at radius 3 is 2.46 bits per heavy atom. The minimum absolute atomic E-state index is 0.187. The third kappa shape index (κ3) is 4.94. The summed E-state index contributed by atoms with van der Waals surface area (Å²) in [5, 5.41) is 3.95. The van der Waals surface area contributed by atoms with Gasteiger partial charge in [-0.15, -0.1) is 0 Å². The third-order valence-electron chi connectivity index (χ3n) is 6.14. The summed E-state index contributed by atoms with van der Waals surface area (Å²) in [6, 6.07) is 16.0. The molecule has 0 aliphatic rings. The number of carbonyl (C=O) groups excluding carboxylic acids is 1. The van der Waals surface area contributed by atoms with Gasteiger partial charge in [-0.25, -0.2) is 0 Å². The maximum Gasteiger partial charge on any atom is 0.248 e. The lowest BCUT2D eigenvalue weighted by atomic mass is 9.96. The highest BCUT2D eigenvalue weighted by molar-refractivity contribution is 6.06. The van der Waals surface area contributed by atoms with Crippen LogP contribution in [-0.2, 0) is 4.79 Å². The number of methoxy groups -OCH3 is 1. The summed E-state index contributed by atoms with van der Waals surface area (Å²) in [5.74, 6) is 1.34. The second-order valence-corrected chi connectivity index (χ2v) is 8.70. The van der Waals surface area contributed by atoms with Crippen LogP contribution in [0.15, 0.2) is 65.3 Å². The molecule has 0 radical (unpaired) electrons. The van der Waals surface area contributed by atoms with Gasteiger partial charge in [0.2, 0.25) is 5.91 Å². The van der Waals surface area contributed by atoms with Gasteiger partial charge >= 0.3 is 0 Å². The number of rotatable bonds is 7. The van der Waals surface area contributed by atoms with Gasteiger partial charge in [0.1, 0.15) is 17.1 Å². The predicted octanol–water partition coefficient (Wildman–Crippen LogP) is 7.47. The van der Waals surface area contributed by atoms with Crippen molar-refractivity contribution in [3.8, 4) is 22.6 Å². The summed E-state index contributed by atoms with van der Waals surface area (Å²) < 4.78 is 17.3. The van der Waals surface area contributed by atoms with Crippen molar-refractivity contribution in [1.82, 2.24) is 0 Å². The topological polar surface area (TPSA) is 60.7 Å². The smallest absolute Gasteiger partial charge is 0.248 e. The molecular weight excluding hydrogens is 438 g/mol. The fourth-order valence-corrected chi connectivity index (χ4v) is 4.39. The number of furan rings is 1. The van der Waals surface area contributed by atoms with Gasteiger partial charge in [-0.3, -0.25) is 4.79 Å². The van der Waals surface area contributed by atoms with Crippen molar-refractivity contribution in [1.29, 1.82) is 0 Å². The standard InChI is InChI=1S/C30H31NO4/c1-7-34-23-11-9-22(10-12-23)26-17-35-30-21(5)29(33-6)24(16-25(26)30)19(3)15-28(32)31-27-13-8-18(2)14-20(27)4/h8-17H,7H2,1-6H3,(H,31,32)/b19-15+. The molecule has 0 spiro atoms. The molecule has 1 amide bonds. The monoisotopic (exact) mass is 469 g/mol. The minimum atomic E-state index is -0.187. The summed E-state index contributed by atoms with van der Waals surface area (Å²) in [6.45, 7) is 10.5. The van der Waals surface area contributed by atoms with Crippen LogP contribution in [0, 0.1) is 20.8 Å². The number of aryl methyl sites for hydroxylation is 3. The molecule has 180 valence electrons. The van der Waals surface area contributed by atoms with E-state index in [1.807, 2.05) is 83.1 Å². The molecule has 4 aromatic rings. The Balaban J connectivity index is 1.73. The molecular formula is C30H31NO4. The SMILES string of the molecule is CCOc1ccc(-c2coc3c(C)c(OC)c(/C(C)=C/C(=O)Nc4ccc(C)cc4C)cc23)cc1. The summed E-state index contributed by atoms with van der Waals surface area (Å²) >= 11 is 0. The van der Waals surface area contributed by atoms with E-state index in [1.54, 1.807) is 19.4 Å². The van der Waals surface area contributed by atoms with E-state index in [2.05, 4.69) is 5.32 Å². The number of nitrogens with one attached hydrogen (secondary N) is 1. The zero-order valence-corrected chi connectivity index (χ0v) is 21.1. The number of ether oxygens (including phenoxy) is 2. The lowest BCUT2D eigenvalue weighted by Gasteiger charge is -2.14. The van der Waals surface area contributed by atoms with Crippen molar-refractivity contribution in [3.05, 3.63) is 83.1 Å². The number of amides is 1. The summed E-state index contributed by atoms with van der Waals surface area (Å²) in [4.78, 5) is 12.8. The zero-order chi connectivity index (χ0) is 25.1. The number of allylic oxidation sites excluding steroid dienone is 1.